The fourth-order valence-electron chi connectivity index (χ4n) is 2.78. The molecule has 2 aromatic rings. The van der Waals surface area contributed by atoms with Crippen LogP contribution in [0.1, 0.15) is 23.2 Å². The number of carbonyl (C=O) groups excluding carboxylic acids is 1. The Morgan fingerprint density at radius 2 is 2.11 bits per heavy atom. The van der Waals surface area contributed by atoms with E-state index in [1.54, 1.807) is 18.2 Å². The number of halogens is 2. The number of nitrogens with zero attached hydrogens (tertiary/aromatic N) is 1. The number of hydrogen-bond acceptors (Lipinski definition) is 4. The molecule has 1 heterocycles. The molecule has 1 atom stereocenters. The number of aliphatic imine (C=N–C) groups is 1. The number of amides is 1. The lowest BCUT2D eigenvalue weighted by molar-refractivity contribution is 0.0975. The maximum absolute atomic E-state index is 13.1. The van der Waals surface area contributed by atoms with E-state index < -0.39 is 11.7 Å². The highest BCUT2D eigenvalue weighted by Gasteiger charge is 2.17. The number of methoxy groups -OCH3 is 1. The van der Waals surface area contributed by atoms with E-state index >= 15 is 0 Å². The van der Waals surface area contributed by atoms with Gasteiger partial charge < -0.3 is 14.8 Å². The molecule has 8 heteroatoms. The van der Waals surface area contributed by atoms with Gasteiger partial charge in [0.1, 0.15) is 11.6 Å². The second-order valence-corrected chi connectivity index (χ2v) is 6.69. The summed E-state index contributed by atoms with van der Waals surface area (Å²) in [4.78, 5) is 17.0. The normalized spacial score (nSPS) is 16.7. The van der Waals surface area contributed by atoms with Crippen molar-refractivity contribution in [3.8, 4) is 5.75 Å². The van der Waals surface area contributed by atoms with Crippen LogP contribution in [0.2, 0.25) is 5.02 Å². The van der Waals surface area contributed by atoms with Crippen LogP contribution < -0.4 is 15.4 Å². The Morgan fingerprint density at radius 1 is 1.32 bits per heavy atom. The van der Waals surface area contributed by atoms with Gasteiger partial charge in [0.15, 0.2) is 0 Å². The summed E-state index contributed by atoms with van der Waals surface area (Å²) in [6.07, 6.45) is 1.93. The zero-order chi connectivity index (χ0) is 19.9. The van der Waals surface area contributed by atoms with Gasteiger partial charge in [-0.1, -0.05) is 11.6 Å². The predicted molar refractivity (Wildman–Crippen MR) is 107 cm³/mol. The Bertz CT molecular complexity index is 852. The predicted octanol–water partition coefficient (Wildman–Crippen LogP) is 3.86. The van der Waals surface area contributed by atoms with Crippen molar-refractivity contribution < 1.29 is 18.7 Å². The van der Waals surface area contributed by atoms with Gasteiger partial charge in [0.05, 0.1) is 25.4 Å². The highest BCUT2D eigenvalue weighted by molar-refractivity contribution is 6.31. The Hall–Kier alpha value is -2.64. The van der Waals surface area contributed by atoms with E-state index in [0.717, 1.165) is 12.8 Å². The van der Waals surface area contributed by atoms with E-state index in [1.807, 2.05) is 0 Å². The van der Waals surface area contributed by atoms with Gasteiger partial charge in [-0.3, -0.25) is 10.1 Å². The van der Waals surface area contributed by atoms with Crippen molar-refractivity contribution in [2.45, 2.75) is 18.9 Å². The van der Waals surface area contributed by atoms with Gasteiger partial charge >= 0.3 is 0 Å². The number of hydrogen-bond donors (Lipinski definition) is 2. The van der Waals surface area contributed by atoms with E-state index in [4.69, 9.17) is 21.1 Å². The molecule has 0 aliphatic carbocycles. The highest BCUT2D eigenvalue weighted by Crippen LogP contribution is 2.27. The number of ether oxygens (including phenoxy) is 2. The summed E-state index contributed by atoms with van der Waals surface area (Å²) in [5.74, 6) is -0.0548. The molecule has 1 aliphatic rings. The molecule has 0 radical (unpaired) electrons. The lowest BCUT2D eigenvalue weighted by Crippen LogP contribution is -2.36. The molecule has 28 heavy (non-hydrogen) atoms. The van der Waals surface area contributed by atoms with Gasteiger partial charge in [0.2, 0.25) is 5.96 Å². The fraction of sp³-hybridized carbons (Fsp3) is 0.300. The Labute approximate surface area is 167 Å². The lowest BCUT2D eigenvalue weighted by Gasteiger charge is -2.15. The van der Waals surface area contributed by atoms with E-state index in [0.29, 0.717) is 35.2 Å². The number of carbonyl (C=O) groups is 1. The van der Waals surface area contributed by atoms with Crippen LogP contribution in [0, 0.1) is 5.82 Å². The van der Waals surface area contributed by atoms with E-state index in [-0.39, 0.29) is 12.1 Å². The van der Waals surface area contributed by atoms with Gasteiger partial charge in [0.25, 0.3) is 5.91 Å². The van der Waals surface area contributed by atoms with Gasteiger partial charge in [0, 0.05) is 17.2 Å². The molecule has 3 rings (SSSR count). The second kappa shape index (κ2) is 9.52. The summed E-state index contributed by atoms with van der Waals surface area (Å²) in [5, 5.41) is 6.28. The van der Waals surface area contributed by atoms with Gasteiger partial charge in [-0.15, -0.1) is 0 Å². The molecule has 1 saturated heterocycles. The maximum Gasteiger partial charge on any atom is 0.257 e. The SMILES string of the molecule is COc1ccc(Cl)cc1NC(=NCC1CCCO1)NC(=O)c1ccc(F)cc1. The summed E-state index contributed by atoms with van der Waals surface area (Å²) >= 11 is 6.08. The largest absolute Gasteiger partial charge is 0.495 e. The smallest absolute Gasteiger partial charge is 0.257 e. The van der Waals surface area contributed by atoms with Crippen LogP contribution in [0.15, 0.2) is 47.5 Å². The minimum atomic E-state index is -0.417. The van der Waals surface area contributed by atoms with E-state index in [1.165, 1.54) is 31.4 Å². The monoisotopic (exact) mass is 405 g/mol. The van der Waals surface area contributed by atoms with Crippen molar-refractivity contribution in [3.05, 3.63) is 58.9 Å². The first-order valence-corrected chi connectivity index (χ1v) is 9.26. The molecule has 1 amide bonds. The zero-order valence-electron chi connectivity index (χ0n) is 15.4. The molecule has 2 N–H and O–H groups in total. The Morgan fingerprint density at radius 3 is 2.79 bits per heavy atom. The first-order valence-electron chi connectivity index (χ1n) is 8.88. The van der Waals surface area contributed by atoms with Crippen molar-refractivity contribution >= 4 is 29.2 Å². The quantitative estimate of drug-likeness (QED) is 0.585. The molecule has 1 fully saturated rings. The maximum atomic E-state index is 13.1. The molecule has 6 nitrogen and oxygen atoms in total. The third-order valence-electron chi connectivity index (χ3n) is 4.23. The topological polar surface area (TPSA) is 71.9 Å². The molecule has 2 aromatic carbocycles. The minimum absolute atomic E-state index is 0.0146. The first kappa shape index (κ1) is 20.1. The van der Waals surface area contributed by atoms with Gasteiger partial charge in [-0.05, 0) is 55.3 Å². The van der Waals surface area contributed by atoms with Gasteiger partial charge in [-0.25, -0.2) is 9.38 Å². The number of anilines is 1. The number of nitrogens with one attached hydrogen (secondary N) is 2. The average Bonchev–Trinajstić information content (AvgIpc) is 3.20. The van der Waals surface area contributed by atoms with Crippen LogP contribution in [0.3, 0.4) is 0 Å². The van der Waals surface area contributed by atoms with Crippen molar-refractivity contribution in [1.82, 2.24) is 5.32 Å². The van der Waals surface area contributed by atoms with Gasteiger partial charge in [-0.2, -0.15) is 0 Å². The van der Waals surface area contributed by atoms with Crippen LogP contribution in [-0.4, -0.2) is 38.2 Å². The molecule has 0 aromatic heterocycles. The summed E-state index contributed by atoms with van der Waals surface area (Å²) < 4.78 is 24.0. The standard InChI is InChI=1S/C20H21ClFN3O3/c1-27-18-9-6-14(21)11-17(18)24-20(23-12-16-3-2-10-28-16)25-19(26)13-4-7-15(22)8-5-13/h4-9,11,16H,2-3,10,12H2,1H3,(H2,23,24,25,26). The molecule has 148 valence electrons. The first-order chi connectivity index (χ1) is 13.5. The van der Waals surface area contributed by atoms with Crippen LogP contribution >= 0.6 is 11.6 Å². The lowest BCUT2D eigenvalue weighted by atomic mass is 10.2. The summed E-state index contributed by atoms with van der Waals surface area (Å²) in [7, 11) is 1.54. The molecule has 1 unspecified atom stereocenters. The second-order valence-electron chi connectivity index (χ2n) is 6.25. The van der Waals surface area contributed by atoms with E-state index in [2.05, 4.69) is 15.6 Å². The Balaban J connectivity index is 1.80. The van der Waals surface area contributed by atoms with Crippen LogP contribution in [0.4, 0.5) is 10.1 Å². The molecule has 0 spiro atoms. The summed E-state index contributed by atoms with van der Waals surface area (Å²) in [5.41, 5.74) is 0.867. The molecular weight excluding hydrogens is 385 g/mol. The molecule has 0 saturated carbocycles. The third kappa shape index (κ3) is 5.43. The summed E-state index contributed by atoms with van der Waals surface area (Å²) in [6, 6.07) is 10.4. The number of guanidine groups is 1. The highest BCUT2D eigenvalue weighted by atomic mass is 35.5. The average molecular weight is 406 g/mol. The van der Waals surface area contributed by atoms with Crippen molar-refractivity contribution in [3.63, 3.8) is 0 Å². The van der Waals surface area contributed by atoms with Crippen molar-refractivity contribution in [2.24, 2.45) is 4.99 Å². The minimum Gasteiger partial charge on any atom is -0.495 e. The van der Waals surface area contributed by atoms with Crippen LogP contribution in [0.25, 0.3) is 0 Å². The van der Waals surface area contributed by atoms with E-state index in [9.17, 15) is 9.18 Å². The third-order valence-corrected chi connectivity index (χ3v) is 4.47. The summed E-state index contributed by atoms with van der Waals surface area (Å²) in [6.45, 7) is 1.11. The number of benzene rings is 2. The van der Waals surface area contributed by atoms with Crippen molar-refractivity contribution in [2.75, 3.05) is 25.6 Å². The molecular formula is C20H21ClFN3O3. The fourth-order valence-corrected chi connectivity index (χ4v) is 2.95. The van der Waals surface area contributed by atoms with Crippen LogP contribution in [-0.2, 0) is 4.74 Å². The molecule has 0 bridgehead atoms. The zero-order valence-corrected chi connectivity index (χ0v) is 16.1. The molecule has 1 aliphatic heterocycles. The number of rotatable bonds is 5. The van der Waals surface area contributed by atoms with Crippen molar-refractivity contribution in [1.29, 1.82) is 0 Å². The Kier molecular flexibility index (Phi) is 6.84. The van der Waals surface area contributed by atoms with Crippen LogP contribution in [0.5, 0.6) is 5.75 Å².